The number of morpholine rings is 1. The van der Waals surface area contributed by atoms with Crippen molar-refractivity contribution in [2.45, 2.75) is 32.7 Å². The molecule has 1 saturated heterocycles. The summed E-state index contributed by atoms with van der Waals surface area (Å²) in [5.41, 5.74) is 1.18. The summed E-state index contributed by atoms with van der Waals surface area (Å²) in [6, 6.07) is 13.8. The van der Waals surface area contributed by atoms with E-state index in [1.807, 2.05) is 37.3 Å². The number of rotatable bonds is 12. The Bertz CT molecular complexity index is 804. The lowest BCUT2D eigenvalue weighted by Crippen LogP contribution is -2.47. The monoisotopic (exact) mass is 441 g/mol. The van der Waals surface area contributed by atoms with E-state index >= 15 is 0 Å². The molecule has 0 bridgehead atoms. The lowest BCUT2D eigenvalue weighted by atomic mass is 10.1. The molecule has 174 valence electrons. The molecule has 1 aromatic carbocycles. The van der Waals surface area contributed by atoms with Gasteiger partial charge in [0.2, 0.25) is 11.8 Å². The number of hydrogen-bond donors (Lipinski definition) is 0. The van der Waals surface area contributed by atoms with E-state index in [0.717, 1.165) is 51.4 Å². The second-order valence-electron chi connectivity index (χ2n) is 8.15. The minimum atomic E-state index is -0.0521. The van der Waals surface area contributed by atoms with E-state index in [2.05, 4.69) is 17.0 Å². The lowest BCUT2D eigenvalue weighted by molar-refractivity contribution is -0.141. The fourth-order valence-electron chi connectivity index (χ4n) is 3.81. The van der Waals surface area contributed by atoms with Crippen LogP contribution in [0.25, 0.3) is 0 Å². The highest BCUT2D eigenvalue weighted by Crippen LogP contribution is 2.10. The molecule has 0 atom stereocenters. The van der Waals surface area contributed by atoms with Crippen molar-refractivity contribution in [1.29, 1.82) is 0 Å². The van der Waals surface area contributed by atoms with Crippen LogP contribution >= 0.6 is 0 Å². The normalized spacial score (nSPS) is 14.3. The molecule has 7 nitrogen and oxygen atoms in total. The molecule has 0 N–H and O–H groups in total. The van der Waals surface area contributed by atoms with Crippen molar-refractivity contribution in [3.63, 3.8) is 0 Å². The molecule has 0 aliphatic carbocycles. The summed E-state index contributed by atoms with van der Waals surface area (Å²) in [5, 5.41) is 0. The van der Waals surface area contributed by atoms with Gasteiger partial charge in [0.05, 0.1) is 32.6 Å². The summed E-state index contributed by atoms with van der Waals surface area (Å²) in [6.45, 7) is 7.54. The second-order valence-corrected chi connectivity index (χ2v) is 8.15. The highest BCUT2D eigenvalue weighted by atomic mass is 16.5. The van der Waals surface area contributed by atoms with Crippen molar-refractivity contribution < 1.29 is 18.7 Å². The minimum absolute atomic E-state index is 0.0371. The zero-order valence-corrected chi connectivity index (χ0v) is 19.1. The summed E-state index contributed by atoms with van der Waals surface area (Å²) in [7, 11) is 0. The van der Waals surface area contributed by atoms with Crippen molar-refractivity contribution in [2.75, 3.05) is 52.5 Å². The van der Waals surface area contributed by atoms with Crippen molar-refractivity contribution >= 4 is 11.8 Å². The molecule has 0 spiro atoms. The van der Waals surface area contributed by atoms with Gasteiger partial charge in [0, 0.05) is 39.1 Å². The van der Waals surface area contributed by atoms with Gasteiger partial charge in [-0.2, -0.15) is 0 Å². The number of carbonyl (C=O) groups is 2. The van der Waals surface area contributed by atoms with Crippen LogP contribution in [0.2, 0.25) is 0 Å². The predicted octanol–water partition coefficient (Wildman–Crippen LogP) is 2.81. The quantitative estimate of drug-likeness (QED) is 0.507. The molecule has 1 aliphatic rings. The summed E-state index contributed by atoms with van der Waals surface area (Å²) < 4.78 is 10.9. The number of amides is 2. The Balaban J connectivity index is 1.63. The largest absolute Gasteiger partial charge is 0.467 e. The molecular weight excluding hydrogens is 406 g/mol. The molecule has 2 amide bonds. The number of furan rings is 1. The number of carbonyl (C=O) groups excluding carboxylic acids is 2. The number of nitrogens with zero attached hydrogens (tertiary/aromatic N) is 3. The standard InChI is InChI=1S/C25H35N3O4/c1-2-7-24(29)28(14-13-26-15-18-31-19-16-26)21-25(30)27(20-23-10-6-17-32-23)12-11-22-8-4-3-5-9-22/h3-6,8-10,17H,2,7,11-16,18-21H2,1H3. The average Bonchev–Trinajstić information content (AvgIpc) is 3.34. The SMILES string of the molecule is CCCC(=O)N(CCN1CCOCC1)CC(=O)N(CCc1ccccc1)Cc1ccco1. The van der Waals surface area contributed by atoms with Crippen LogP contribution in [-0.4, -0.2) is 79.0 Å². The Hall–Kier alpha value is -2.64. The van der Waals surface area contributed by atoms with Crippen LogP contribution in [0, 0.1) is 0 Å². The van der Waals surface area contributed by atoms with Gasteiger partial charge in [-0.05, 0) is 30.5 Å². The Kier molecular flexibility index (Phi) is 9.78. The van der Waals surface area contributed by atoms with Crippen LogP contribution in [0.1, 0.15) is 31.1 Å². The Morgan fingerprint density at radius 2 is 1.75 bits per heavy atom. The molecule has 0 radical (unpaired) electrons. The Morgan fingerprint density at radius 3 is 2.44 bits per heavy atom. The maximum atomic E-state index is 13.3. The molecule has 2 heterocycles. The van der Waals surface area contributed by atoms with Crippen molar-refractivity contribution in [1.82, 2.24) is 14.7 Å². The van der Waals surface area contributed by atoms with Crippen LogP contribution in [0.15, 0.2) is 53.1 Å². The van der Waals surface area contributed by atoms with E-state index < -0.39 is 0 Å². The predicted molar refractivity (Wildman–Crippen MR) is 123 cm³/mol. The van der Waals surface area contributed by atoms with Gasteiger partial charge in [0.25, 0.3) is 0 Å². The summed E-state index contributed by atoms with van der Waals surface area (Å²) in [5.74, 6) is 0.727. The molecule has 3 rings (SSSR count). The third-order valence-electron chi connectivity index (χ3n) is 5.73. The maximum absolute atomic E-state index is 13.3. The van der Waals surface area contributed by atoms with E-state index in [1.54, 1.807) is 16.1 Å². The molecule has 0 unspecified atom stereocenters. The van der Waals surface area contributed by atoms with Crippen molar-refractivity contribution in [2.24, 2.45) is 0 Å². The van der Waals surface area contributed by atoms with E-state index in [0.29, 0.717) is 26.1 Å². The first kappa shape index (κ1) is 24.0. The van der Waals surface area contributed by atoms with Crippen LogP contribution in [0.5, 0.6) is 0 Å². The number of hydrogen-bond acceptors (Lipinski definition) is 5. The van der Waals surface area contributed by atoms with Gasteiger partial charge in [-0.3, -0.25) is 14.5 Å². The molecular formula is C25H35N3O4. The zero-order valence-electron chi connectivity index (χ0n) is 19.1. The van der Waals surface area contributed by atoms with E-state index in [4.69, 9.17) is 9.15 Å². The smallest absolute Gasteiger partial charge is 0.242 e. The van der Waals surface area contributed by atoms with Gasteiger partial charge < -0.3 is 19.0 Å². The van der Waals surface area contributed by atoms with Gasteiger partial charge in [0.15, 0.2) is 0 Å². The Labute approximate surface area is 190 Å². The van der Waals surface area contributed by atoms with Gasteiger partial charge in [-0.1, -0.05) is 37.3 Å². The first-order valence-electron chi connectivity index (χ1n) is 11.6. The first-order chi connectivity index (χ1) is 15.7. The first-order valence-corrected chi connectivity index (χ1v) is 11.6. The molecule has 2 aromatic rings. The molecule has 1 fully saturated rings. The van der Waals surface area contributed by atoms with Crippen LogP contribution in [-0.2, 0) is 27.3 Å². The molecule has 1 aliphatic heterocycles. The third-order valence-corrected chi connectivity index (χ3v) is 5.73. The van der Waals surface area contributed by atoms with Gasteiger partial charge in [0.1, 0.15) is 5.76 Å². The van der Waals surface area contributed by atoms with Crippen molar-refractivity contribution in [3.05, 3.63) is 60.1 Å². The van der Waals surface area contributed by atoms with E-state index in [9.17, 15) is 9.59 Å². The van der Waals surface area contributed by atoms with Crippen molar-refractivity contribution in [3.8, 4) is 0 Å². The second kappa shape index (κ2) is 13.0. The summed E-state index contributed by atoms with van der Waals surface area (Å²) in [6.07, 6.45) is 3.60. The number of benzene rings is 1. The summed E-state index contributed by atoms with van der Waals surface area (Å²) in [4.78, 5) is 31.9. The molecule has 32 heavy (non-hydrogen) atoms. The van der Waals surface area contributed by atoms with Gasteiger partial charge in [-0.25, -0.2) is 0 Å². The topological polar surface area (TPSA) is 66.2 Å². The summed E-state index contributed by atoms with van der Waals surface area (Å²) >= 11 is 0. The average molecular weight is 442 g/mol. The third kappa shape index (κ3) is 7.80. The highest BCUT2D eigenvalue weighted by molar-refractivity contribution is 5.84. The van der Waals surface area contributed by atoms with Gasteiger partial charge in [-0.15, -0.1) is 0 Å². The minimum Gasteiger partial charge on any atom is -0.467 e. The maximum Gasteiger partial charge on any atom is 0.242 e. The number of ether oxygens (including phenoxy) is 1. The van der Waals surface area contributed by atoms with Crippen LogP contribution in [0.3, 0.4) is 0 Å². The van der Waals surface area contributed by atoms with Crippen LogP contribution in [0.4, 0.5) is 0 Å². The molecule has 7 heteroatoms. The molecule has 1 aromatic heterocycles. The zero-order chi connectivity index (χ0) is 22.6. The van der Waals surface area contributed by atoms with Crippen LogP contribution < -0.4 is 0 Å². The highest BCUT2D eigenvalue weighted by Gasteiger charge is 2.23. The Morgan fingerprint density at radius 1 is 0.969 bits per heavy atom. The van der Waals surface area contributed by atoms with Gasteiger partial charge >= 0.3 is 0 Å². The lowest BCUT2D eigenvalue weighted by Gasteiger charge is -2.31. The fourth-order valence-corrected chi connectivity index (χ4v) is 3.81. The van der Waals surface area contributed by atoms with E-state index in [-0.39, 0.29) is 18.4 Å². The fraction of sp³-hybridized carbons (Fsp3) is 0.520. The van der Waals surface area contributed by atoms with E-state index in [1.165, 1.54) is 5.56 Å². The molecule has 0 saturated carbocycles.